The molecule has 0 bridgehead atoms. The lowest BCUT2D eigenvalue weighted by molar-refractivity contribution is -0.118. The Morgan fingerprint density at radius 1 is 1.42 bits per heavy atom. The summed E-state index contributed by atoms with van der Waals surface area (Å²) in [5, 5.41) is 0. The Hall–Kier alpha value is -2.84. The molecule has 26 heavy (non-hydrogen) atoms. The lowest BCUT2D eigenvalue weighted by atomic mass is 9.97. The van der Waals surface area contributed by atoms with E-state index in [1.165, 1.54) is 0 Å². The SMILES string of the molecule is CC(C)Oc1cc(N2CCC[C@H](c3nccn3CC(N)=O)C2)nc(N)n1. The van der Waals surface area contributed by atoms with Gasteiger partial charge in [0.25, 0.3) is 0 Å². The van der Waals surface area contributed by atoms with Crippen molar-refractivity contribution < 1.29 is 9.53 Å². The number of piperidine rings is 1. The Kier molecular flexibility index (Phi) is 5.24. The van der Waals surface area contributed by atoms with Crippen LogP contribution in [0.5, 0.6) is 5.88 Å². The fourth-order valence-corrected chi connectivity index (χ4v) is 3.27. The van der Waals surface area contributed by atoms with Crippen molar-refractivity contribution in [2.75, 3.05) is 23.7 Å². The van der Waals surface area contributed by atoms with E-state index in [2.05, 4.69) is 19.9 Å². The maximum absolute atomic E-state index is 11.3. The normalized spacial score (nSPS) is 17.5. The molecule has 1 saturated heterocycles. The van der Waals surface area contributed by atoms with Crippen molar-refractivity contribution in [1.29, 1.82) is 0 Å². The van der Waals surface area contributed by atoms with Crippen LogP contribution in [-0.4, -0.2) is 44.6 Å². The number of carbonyl (C=O) groups is 1. The highest BCUT2D eigenvalue weighted by atomic mass is 16.5. The summed E-state index contributed by atoms with van der Waals surface area (Å²) in [7, 11) is 0. The van der Waals surface area contributed by atoms with Gasteiger partial charge in [-0.1, -0.05) is 0 Å². The van der Waals surface area contributed by atoms with Gasteiger partial charge in [0.15, 0.2) is 0 Å². The van der Waals surface area contributed by atoms with Crippen LogP contribution in [0.1, 0.15) is 38.4 Å². The Labute approximate surface area is 152 Å². The molecule has 9 nitrogen and oxygen atoms in total. The number of nitrogen functional groups attached to an aromatic ring is 1. The number of imidazole rings is 1. The minimum atomic E-state index is -0.379. The molecule has 1 aliphatic rings. The number of carbonyl (C=O) groups excluding carboxylic acids is 1. The highest BCUT2D eigenvalue weighted by Gasteiger charge is 2.26. The smallest absolute Gasteiger partial charge is 0.237 e. The van der Waals surface area contributed by atoms with E-state index in [1.807, 2.05) is 24.5 Å². The summed E-state index contributed by atoms with van der Waals surface area (Å²) in [4.78, 5) is 26.4. The molecule has 2 aromatic heterocycles. The van der Waals surface area contributed by atoms with Crippen LogP contribution < -0.4 is 21.1 Å². The molecule has 0 aromatic carbocycles. The predicted octanol–water partition coefficient (Wildman–Crippen LogP) is 0.912. The molecule has 1 amide bonds. The second-order valence-corrected chi connectivity index (χ2v) is 6.75. The molecule has 1 aliphatic heterocycles. The molecule has 4 N–H and O–H groups in total. The molecular weight excluding hydrogens is 334 g/mol. The number of aromatic nitrogens is 4. The number of hydrogen-bond acceptors (Lipinski definition) is 7. The Balaban J connectivity index is 1.80. The number of nitrogens with zero attached hydrogens (tertiary/aromatic N) is 5. The number of amides is 1. The van der Waals surface area contributed by atoms with E-state index in [4.69, 9.17) is 16.2 Å². The number of hydrogen-bond donors (Lipinski definition) is 2. The topological polar surface area (TPSA) is 125 Å². The third-order valence-electron chi connectivity index (χ3n) is 4.25. The van der Waals surface area contributed by atoms with Crippen LogP contribution >= 0.6 is 0 Å². The molecule has 0 saturated carbocycles. The van der Waals surface area contributed by atoms with Crippen molar-refractivity contribution in [2.45, 2.75) is 45.3 Å². The summed E-state index contributed by atoms with van der Waals surface area (Å²) < 4.78 is 7.48. The van der Waals surface area contributed by atoms with Crippen LogP contribution in [-0.2, 0) is 11.3 Å². The van der Waals surface area contributed by atoms with Gasteiger partial charge < -0.3 is 25.7 Å². The predicted molar refractivity (Wildman–Crippen MR) is 97.8 cm³/mol. The Bertz CT molecular complexity index is 774. The minimum Gasteiger partial charge on any atom is -0.475 e. The van der Waals surface area contributed by atoms with Crippen molar-refractivity contribution in [1.82, 2.24) is 19.5 Å². The average Bonchev–Trinajstić information content (AvgIpc) is 3.01. The molecule has 2 aromatic rings. The molecular formula is C17H25N7O2. The molecule has 3 heterocycles. The van der Waals surface area contributed by atoms with Gasteiger partial charge in [0.1, 0.15) is 18.2 Å². The fourth-order valence-electron chi connectivity index (χ4n) is 3.27. The first-order valence-corrected chi connectivity index (χ1v) is 8.78. The van der Waals surface area contributed by atoms with E-state index < -0.39 is 0 Å². The van der Waals surface area contributed by atoms with Crippen molar-refractivity contribution in [3.05, 3.63) is 24.3 Å². The molecule has 1 fully saturated rings. The van der Waals surface area contributed by atoms with Crippen molar-refractivity contribution in [2.24, 2.45) is 5.73 Å². The lowest BCUT2D eigenvalue weighted by Crippen LogP contribution is -2.36. The molecule has 0 unspecified atom stereocenters. The average molecular weight is 359 g/mol. The van der Waals surface area contributed by atoms with Gasteiger partial charge in [-0.2, -0.15) is 9.97 Å². The zero-order chi connectivity index (χ0) is 18.7. The largest absolute Gasteiger partial charge is 0.475 e. The third-order valence-corrected chi connectivity index (χ3v) is 4.25. The van der Waals surface area contributed by atoms with Gasteiger partial charge in [0, 0.05) is 37.5 Å². The Morgan fingerprint density at radius 3 is 2.96 bits per heavy atom. The van der Waals surface area contributed by atoms with Crippen LogP contribution in [0.4, 0.5) is 11.8 Å². The summed E-state index contributed by atoms with van der Waals surface area (Å²) in [6.45, 7) is 5.61. The zero-order valence-electron chi connectivity index (χ0n) is 15.1. The monoisotopic (exact) mass is 359 g/mol. The van der Waals surface area contributed by atoms with Crippen molar-refractivity contribution in [3.63, 3.8) is 0 Å². The van der Waals surface area contributed by atoms with Gasteiger partial charge in [-0.05, 0) is 26.7 Å². The quantitative estimate of drug-likeness (QED) is 0.785. The molecule has 3 rings (SSSR count). The van der Waals surface area contributed by atoms with Crippen LogP contribution in [0.25, 0.3) is 0 Å². The van der Waals surface area contributed by atoms with Crippen LogP contribution in [0, 0.1) is 0 Å². The first-order chi connectivity index (χ1) is 12.4. The first kappa shape index (κ1) is 18.0. The zero-order valence-corrected chi connectivity index (χ0v) is 15.1. The van der Waals surface area contributed by atoms with E-state index in [1.54, 1.807) is 12.4 Å². The van der Waals surface area contributed by atoms with Gasteiger partial charge >= 0.3 is 0 Å². The van der Waals surface area contributed by atoms with Crippen molar-refractivity contribution in [3.8, 4) is 5.88 Å². The van der Waals surface area contributed by atoms with Crippen molar-refractivity contribution >= 4 is 17.7 Å². The third kappa shape index (κ3) is 4.22. The first-order valence-electron chi connectivity index (χ1n) is 8.78. The van der Waals surface area contributed by atoms with E-state index >= 15 is 0 Å². The highest BCUT2D eigenvalue weighted by Crippen LogP contribution is 2.30. The van der Waals surface area contributed by atoms with Gasteiger partial charge in [0.05, 0.1) is 6.10 Å². The van der Waals surface area contributed by atoms with E-state index in [-0.39, 0.29) is 30.4 Å². The summed E-state index contributed by atoms with van der Waals surface area (Å²) in [6, 6.07) is 1.81. The maximum Gasteiger partial charge on any atom is 0.237 e. The molecule has 0 spiro atoms. The van der Waals surface area contributed by atoms with Crippen LogP contribution in [0.2, 0.25) is 0 Å². The van der Waals surface area contributed by atoms with Gasteiger partial charge in [0.2, 0.25) is 17.7 Å². The lowest BCUT2D eigenvalue weighted by Gasteiger charge is -2.33. The molecule has 0 radical (unpaired) electrons. The van der Waals surface area contributed by atoms with Gasteiger partial charge in [-0.15, -0.1) is 0 Å². The highest BCUT2D eigenvalue weighted by molar-refractivity contribution is 5.73. The molecule has 9 heteroatoms. The van der Waals surface area contributed by atoms with Crippen LogP contribution in [0.15, 0.2) is 18.5 Å². The molecule has 1 atom stereocenters. The number of anilines is 2. The summed E-state index contributed by atoms with van der Waals surface area (Å²) in [6.07, 6.45) is 5.47. The summed E-state index contributed by atoms with van der Waals surface area (Å²) in [5.74, 6) is 2.08. The van der Waals surface area contributed by atoms with E-state index in [0.717, 1.165) is 37.6 Å². The molecule has 0 aliphatic carbocycles. The maximum atomic E-state index is 11.3. The summed E-state index contributed by atoms with van der Waals surface area (Å²) >= 11 is 0. The summed E-state index contributed by atoms with van der Waals surface area (Å²) in [5.41, 5.74) is 11.2. The number of rotatable bonds is 6. The fraction of sp³-hybridized carbons (Fsp3) is 0.529. The number of ether oxygens (including phenoxy) is 1. The van der Waals surface area contributed by atoms with Gasteiger partial charge in [-0.25, -0.2) is 4.98 Å². The Morgan fingerprint density at radius 2 is 2.23 bits per heavy atom. The van der Waals surface area contributed by atoms with Crippen LogP contribution in [0.3, 0.4) is 0 Å². The standard InChI is InChI=1S/C17H25N7O2/c1-11(2)26-15-8-14(21-17(19)22-15)23-6-3-4-12(9-23)16-20-5-7-24(16)10-13(18)25/h5,7-8,11-12H,3-4,6,9-10H2,1-2H3,(H2,18,25)(H2,19,21,22)/t12-/m0/s1. The minimum absolute atomic E-state index is 0.00697. The molecule has 140 valence electrons. The van der Waals surface area contributed by atoms with Gasteiger partial charge in [-0.3, -0.25) is 4.79 Å². The van der Waals surface area contributed by atoms with E-state index in [9.17, 15) is 4.79 Å². The van der Waals surface area contributed by atoms with E-state index in [0.29, 0.717) is 5.88 Å². The number of nitrogens with two attached hydrogens (primary N) is 2. The second kappa shape index (κ2) is 7.59. The second-order valence-electron chi connectivity index (χ2n) is 6.75. The number of primary amides is 1.